The highest BCUT2D eigenvalue weighted by Crippen LogP contribution is 2.45. The minimum atomic E-state index is 0.0456. The van der Waals surface area contributed by atoms with Gasteiger partial charge in [0.15, 0.2) is 0 Å². The molecule has 3 heteroatoms. The summed E-state index contributed by atoms with van der Waals surface area (Å²) >= 11 is 0. The second-order valence-corrected chi connectivity index (χ2v) is 10.1. The van der Waals surface area contributed by atoms with Crippen LogP contribution in [0.3, 0.4) is 0 Å². The lowest BCUT2D eigenvalue weighted by atomic mass is 9.68. The first-order valence-corrected chi connectivity index (χ1v) is 12.1. The molecule has 1 saturated carbocycles. The maximum absolute atomic E-state index is 6.58. The number of fused-ring (bicyclic) bond motifs is 2. The highest BCUT2D eigenvalue weighted by Gasteiger charge is 2.41. The van der Waals surface area contributed by atoms with E-state index >= 15 is 0 Å². The van der Waals surface area contributed by atoms with Gasteiger partial charge >= 0.3 is 0 Å². The van der Waals surface area contributed by atoms with Gasteiger partial charge in [0.25, 0.3) is 0 Å². The number of benzene rings is 2. The smallest absolute Gasteiger partial charge is 0.131 e. The summed E-state index contributed by atoms with van der Waals surface area (Å²) in [6.07, 6.45) is 7.97. The highest BCUT2D eigenvalue weighted by atomic mass is 16.5. The molecule has 5 rings (SSSR count). The van der Waals surface area contributed by atoms with Crippen molar-refractivity contribution in [2.75, 3.05) is 26.8 Å². The predicted octanol–water partition coefficient (Wildman–Crippen LogP) is 5.66. The molecular formula is C29H35NO2. The van der Waals surface area contributed by atoms with Gasteiger partial charge in [-0.1, -0.05) is 43.3 Å². The molecule has 0 spiro atoms. The third-order valence-electron chi connectivity index (χ3n) is 7.81. The molecule has 1 N–H and O–H groups in total. The van der Waals surface area contributed by atoms with E-state index < -0.39 is 0 Å². The normalized spacial score (nSPS) is 28.7. The lowest BCUT2D eigenvalue weighted by Crippen LogP contribution is -2.30. The number of hydrogen-bond acceptors (Lipinski definition) is 3. The molecule has 4 atom stereocenters. The van der Waals surface area contributed by atoms with Gasteiger partial charge in [-0.25, -0.2) is 0 Å². The zero-order chi connectivity index (χ0) is 22.0. The summed E-state index contributed by atoms with van der Waals surface area (Å²) < 4.78 is 11.8. The molecule has 0 unspecified atom stereocenters. The molecule has 3 nitrogen and oxygen atoms in total. The van der Waals surface area contributed by atoms with Crippen molar-refractivity contribution in [1.82, 2.24) is 5.32 Å². The van der Waals surface area contributed by atoms with Crippen LogP contribution in [0.4, 0.5) is 0 Å². The zero-order valence-corrected chi connectivity index (χ0v) is 19.4. The number of hydrogen-bond donors (Lipinski definition) is 1. The minimum absolute atomic E-state index is 0.0456. The molecule has 2 aromatic rings. The Kier molecular flexibility index (Phi) is 6.24. The van der Waals surface area contributed by atoms with Gasteiger partial charge in [0.1, 0.15) is 11.9 Å². The second-order valence-electron chi connectivity index (χ2n) is 10.1. The van der Waals surface area contributed by atoms with Crippen LogP contribution in [-0.2, 0) is 17.6 Å². The van der Waals surface area contributed by atoms with Crippen molar-refractivity contribution in [2.45, 2.75) is 45.1 Å². The molecule has 1 heterocycles. The lowest BCUT2D eigenvalue weighted by Gasteiger charge is -2.36. The number of methoxy groups -OCH3 is 1. The van der Waals surface area contributed by atoms with E-state index in [1.807, 2.05) is 0 Å². The average molecular weight is 430 g/mol. The third-order valence-corrected chi connectivity index (χ3v) is 7.81. The number of rotatable bonds is 6. The first-order chi connectivity index (χ1) is 15.6. The Morgan fingerprint density at radius 2 is 2.00 bits per heavy atom. The van der Waals surface area contributed by atoms with E-state index in [9.17, 15) is 0 Å². The van der Waals surface area contributed by atoms with Crippen LogP contribution in [0.1, 0.15) is 49.0 Å². The first kappa shape index (κ1) is 21.5. The van der Waals surface area contributed by atoms with Crippen LogP contribution < -0.4 is 10.1 Å². The summed E-state index contributed by atoms with van der Waals surface area (Å²) in [6, 6.07) is 17.2. The molecule has 32 heavy (non-hydrogen) atoms. The Morgan fingerprint density at radius 3 is 2.84 bits per heavy atom. The summed E-state index contributed by atoms with van der Waals surface area (Å²) in [7, 11) is 1.74. The molecule has 2 fully saturated rings. The van der Waals surface area contributed by atoms with Gasteiger partial charge in [0, 0.05) is 19.6 Å². The van der Waals surface area contributed by atoms with Crippen molar-refractivity contribution < 1.29 is 9.47 Å². The first-order valence-electron chi connectivity index (χ1n) is 12.1. The van der Waals surface area contributed by atoms with Crippen LogP contribution in [0.2, 0.25) is 0 Å². The molecule has 1 aliphatic heterocycles. The van der Waals surface area contributed by atoms with E-state index in [1.54, 1.807) is 7.11 Å². The number of nitrogens with one attached hydrogen (secondary N) is 1. The van der Waals surface area contributed by atoms with Gasteiger partial charge < -0.3 is 14.8 Å². The molecule has 3 aliphatic rings. The maximum Gasteiger partial charge on any atom is 0.131 e. The van der Waals surface area contributed by atoms with Crippen molar-refractivity contribution >= 4 is 0 Å². The molecule has 1 saturated heterocycles. The van der Waals surface area contributed by atoms with E-state index in [4.69, 9.17) is 9.47 Å². The Bertz CT molecular complexity index is 1000. The van der Waals surface area contributed by atoms with Crippen molar-refractivity contribution in [2.24, 2.45) is 17.3 Å². The molecule has 0 radical (unpaired) electrons. The van der Waals surface area contributed by atoms with E-state index in [0.29, 0.717) is 11.3 Å². The van der Waals surface area contributed by atoms with Crippen molar-refractivity contribution in [3.63, 3.8) is 0 Å². The summed E-state index contributed by atoms with van der Waals surface area (Å²) in [5, 5.41) is 3.61. The van der Waals surface area contributed by atoms with E-state index in [1.165, 1.54) is 48.1 Å². The maximum atomic E-state index is 6.58. The molecule has 2 aliphatic carbocycles. The summed E-state index contributed by atoms with van der Waals surface area (Å²) in [4.78, 5) is 0. The summed E-state index contributed by atoms with van der Waals surface area (Å²) in [5.41, 5.74) is 9.65. The van der Waals surface area contributed by atoms with Crippen LogP contribution in [0.25, 0.3) is 0 Å². The zero-order valence-electron chi connectivity index (χ0n) is 19.4. The fourth-order valence-electron chi connectivity index (χ4n) is 5.84. The predicted molar refractivity (Wildman–Crippen MR) is 129 cm³/mol. The summed E-state index contributed by atoms with van der Waals surface area (Å²) in [6.45, 7) is 5.52. The van der Waals surface area contributed by atoms with Crippen LogP contribution in [0.15, 0.2) is 65.9 Å². The quantitative estimate of drug-likeness (QED) is 0.601. The Labute approximate surface area is 192 Å². The van der Waals surface area contributed by atoms with Gasteiger partial charge in [-0.05, 0) is 90.5 Å². The van der Waals surface area contributed by atoms with Crippen LogP contribution in [0, 0.1) is 17.3 Å². The largest absolute Gasteiger partial charge is 0.485 e. The SMILES string of the molecule is COCCc1ccc(O[C@@H]2c3ccccc3C[C@H]2C=C=C2CC[C@@H]3CNC[C@]3(C)C2)cc1. The van der Waals surface area contributed by atoms with Crippen molar-refractivity contribution in [1.29, 1.82) is 0 Å². The van der Waals surface area contributed by atoms with Gasteiger partial charge in [-0.2, -0.15) is 0 Å². The summed E-state index contributed by atoms with van der Waals surface area (Å²) in [5.74, 6) is 2.08. The van der Waals surface area contributed by atoms with Crippen LogP contribution in [-0.4, -0.2) is 26.8 Å². The molecule has 2 aromatic carbocycles. The second kappa shape index (κ2) is 9.27. The average Bonchev–Trinajstić information content (AvgIpc) is 3.37. The minimum Gasteiger partial charge on any atom is -0.485 e. The molecule has 0 aromatic heterocycles. The van der Waals surface area contributed by atoms with Crippen molar-refractivity contribution in [3.8, 4) is 5.75 Å². The highest BCUT2D eigenvalue weighted by molar-refractivity contribution is 5.38. The number of ether oxygens (including phenoxy) is 2. The fourth-order valence-corrected chi connectivity index (χ4v) is 5.84. The van der Waals surface area contributed by atoms with Crippen molar-refractivity contribution in [3.05, 3.63) is 82.6 Å². The Balaban J connectivity index is 1.35. The molecular weight excluding hydrogens is 394 g/mol. The van der Waals surface area contributed by atoms with E-state index in [0.717, 1.165) is 37.7 Å². The van der Waals surface area contributed by atoms with E-state index in [-0.39, 0.29) is 6.10 Å². The molecule has 0 amide bonds. The van der Waals surface area contributed by atoms with Gasteiger partial charge in [-0.15, -0.1) is 5.73 Å². The van der Waals surface area contributed by atoms with Gasteiger partial charge in [0.05, 0.1) is 6.61 Å². The van der Waals surface area contributed by atoms with Crippen LogP contribution >= 0.6 is 0 Å². The fraction of sp³-hybridized carbons (Fsp3) is 0.483. The van der Waals surface area contributed by atoms with Crippen LogP contribution in [0.5, 0.6) is 5.75 Å². The Morgan fingerprint density at radius 1 is 1.16 bits per heavy atom. The standard InChI is InChI=1S/C29H35NO2/c1-29-18-22(8-12-25(29)19-30-20-29)7-11-24-17-23-5-3-4-6-27(23)28(24)32-26-13-9-21(10-14-26)15-16-31-2/h3-6,9-11,13-14,24-25,28,30H,8,12,15-20H2,1-2H3/t7?,24-,25-,28+,29+/m1/s1. The Hall–Kier alpha value is -2.32. The van der Waals surface area contributed by atoms with Gasteiger partial charge in [0.2, 0.25) is 0 Å². The monoisotopic (exact) mass is 429 g/mol. The third kappa shape index (κ3) is 4.43. The topological polar surface area (TPSA) is 30.5 Å². The van der Waals surface area contributed by atoms with Gasteiger partial charge in [-0.3, -0.25) is 0 Å². The van der Waals surface area contributed by atoms with E-state index in [2.05, 4.69) is 72.6 Å². The molecule has 0 bridgehead atoms. The lowest BCUT2D eigenvalue weighted by molar-refractivity contribution is 0.173. The molecule has 168 valence electrons.